The molecule has 3 aromatic carbocycles. The summed E-state index contributed by atoms with van der Waals surface area (Å²) in [7, 11) is 0. The summed E-state index contributed by atoms with van der Waals surface area (Å²) in [5.74, 6) is 0.389. The number of aromatic nitrogens is 1. The molecule has 0 aliphatic heterocycles. The van der Waals surface area contributed by atoms with E-state index in [9.17, 15) is 9.59 Å². The number of pyridine rings is 1. The number of hydrogen-bond acceptors (Lipinski definition) is 4. The van der Waals surface area contributed by atoms with Gasteiger partial charge >= 0.3 is 6.03 Å². The topological polar surface area (TPSA) is 92.4 Å². The third-order valence-electron chi connectivity index (χ3n) is 5.14. The zero-order valence-corrected chi connectivity index (χ0v) is 19.3. The number of carbonyl (C=O) groups is 2. The Morgan fingerprint density at radius 3 is 2.34 bits per heavy atom. The molecule has 0 bridgehead atoms. The highest BCUT2D eigenvalue weighted by Crippen LogP contribution is 2.16. The minimum atomic E-state index is -0.333. The van der Waals surface area contributed by atoms with Gasteiger partial charge in [-0.25, -0.2) is 4.79 Å². The molecular weight excluding hydrogens is 440 g/mol. The molecule has 3 N–H and O–H groups in total. The van der Waals surface area contributed by atoms with Gasteiger partial charge in [0.05, 0.1) is 0 Å². The molecule has 0 radical (unpaired) electrons. The molecule has 0 spiro atoms. The van der Waals surface area contributed by atoms with Crippen LogP contribution < -0.4 is 20.7 Å². The number of benzene rings is 3. The van der Waals surface area contributed by atoms with Crippen molar-refractivity contribution in [2.45, 2.75) is 20.1 Å². The SMILES string of the molecule is Cc1cccc(NC(=O)Nc2cccc(CNC(=O)c3cccc(OCc4cccnc4)c3)c2)c1. The molecule has 0 unspecified atom stereocenters. The van der Waals surface area contributed by atoms with Gasteiger partial charge in [-0.05, 0) is 66.6 Å². The zero-order chi connectivity index (χ0) is 24.5. The Balaban J connectivity index is 1.30. The van der Waals surface area contributed by atoms with E-state index in [1.165, 1.54) is 0 Å². The lowest BCUT2D eigenvalue weighted by Crippen LogP contribution is -2.23. The van der Waals surface area contributed by atoms with Crippen LogP contribution >= 0.6 is 0 Å². The molecule has 7 heteroatoms. The summed E-state index contributed by atoms with van der Waals surface area (Å²) in [6.45, 7) is 2.65. The maximum Gasteiger partial charge on any atom is 0.323 e. The molecule has 0 saturated carbocycles. The number of hydrogen-bond donors (Lipinski definition) is 3. The molecule has 0 fully saturated rings. The summed E-state index contributed by atoms with van der Waals surface area (Å²) in [5, 5.41) is 8.54. The lowest BCUT2D eigenvalue weighted by Gasteiger charge is -2.11. The number of carbonyl (C=O) groups excluding carboxylic acids is 2. The summed E-state index contributed by atoms with van der Waals surface area (Å²) in [4.78, 5) is 29.1. The van der Waals surface area contributed by atoms with Gasteiger partial charge in [0.2, 0.25) is 0 Å². The van der Waals surface area contributed by atoms with Gasteiger partial charge in [-0.2, -0.15) is 0 Å². The zero-order valence-electron chi connectivity index (χ0n) is 19.3. The molecule has 1 heterocycles. The number of ether oxygens (including phenoxy) is 1. The molecule has 3 amide bonds. The van der Waals surface area contributed by atoms with Gasteiger partial charge in [0.15, 0.2) is 0 Å². The number of anilines is 2. The standard InChI is InChI=1S/C28H26N4O3/c1-20-6-2-10-24(14-20)31-28(34)32-25-11-3-7-21(15-25)18-30-27(33)23-9-4-12-26(16-23)35-19-22-8-5-13-29-17-22/h2-17H,18-19H2,1H3,(H,30,33)(H2,31,32,34). The van der Waals surface area contributed by atoms with Crippen molar-refractivity contribution in [2.24, 2.45) is 0 Å². The van der Waals surface area contributed by atoms with Gasteiger partial charge < -0.3 is 20.7 Å². The van der Waals surface area contributed by atoms with Crippen LogP contribution in [0.1, 0.15) is 27.0 Å². The third kappa shape index (κ3) is 7.17. The molecule has 35 heavy (non-hydrogen) atoms. The second-order valence-corrected chi connectivity index (χ2v) is 8.01. The molecule has 4 aromatic rings. The van der Waals surface area contributed by atoms with Gasteiger partial charge in [-0.3, -0.25) is 9.78 Å². The first kappa shape index (κ1) is 23.5. The van der Waals surface area contributed by atoms with Crippen LogP contribution in [-0.4, -0.2) is 16.9 Å². The Kier molecular flexibility index (Phi) is 7.70. The van der Waals surface area contributed by atoms with Crippen molar-refractivity contribution in [1.82, 2.24) is 10.3 Å². The van der Waals surface area contributed by atoms with Crippen LogP contribution in [0.15, 0.2) is 97.3 Å². The van der Waals surface area contributed by atoms with E-state index in [1.54, 1.807) is 36.7 Å². The quantitative estimate of drug-likeness (QED) is 0.318. The highest BCUT2D eigenvalue weighted by atomic mass is 16.5. The van der Waals surface area contributed by atoms with Crippen LogP contribution in [0.3, 0.4) is 0 Å². The highest BCUT2D eigenvalue weighted by Gasteiger charge is 2.08. The van der Waals surface area contributed by atoms with Gasteiger partial charge in [0.25, 0.3) is 5.91 Å². The molecule has 0 saturated heterocycles. The number of urea groups is 1. The molecular formula is C28H26N4O3. The predicted octanol–water partition coefficient (Wildman–Crippen LogP) is 5.54. The first-order chi connectivity index (χ1) is 17.0. The summed E-state index contributed by atoms with van der Waals surface area (Å²) in [6, 6.07) is 25.4. The van der Waals surface area contributed by atoms with Crippen LogP contribution in [0.2, 0.25) is 0 Å². The minimum Gasteiger partial charge on any atom is -0.489 e. The van der Waals surface area contributed by atoms with E-state index >= 15 is 0 Å². The van der Waals surface area contributed by atoms with Crippen molar-refractivity contribution in [3.05, 3.63) is 120 Å². The Hall–Kier alpha value is -4.65. The van der Waals surface area contributed by atoms with E-state index in [2.05, 4.69) is 20.9 Å². The maximum absolute atomic E-state index is 12.7. The van der Waals surface area contributed by atoms with E-state index in [0.29, 0.717) is 30.2 Å². The maximum atomic E-state index is 12.7. The van der Waals surface area contributed by atoms with Crippen LogP contribution in [0.4, 0.5) is 16.2 Å². The number of nitrogens with zero attached hydrogens (tertiary/aromatic N) is 1. The van der Waals surface area contributed by atoms with Crippen LogP contribution in [0, 0.1) is 6.92 Å². The van der Waals surface area contributed by atoms with Gasteiger partial charge in [0, 0.05) is 41.4 Å². The molecule has 176 valence electrons. The summed E-state index contributed by atoms with van der Waals surface area (Å²) < 4.78 is 5.78. The fourth-order valence-electron chi connectivity index (χ4n) is 3.44. The van der Waals surface area contributed by atoms with Crippen molar-refractivity contribution in [2.75, 3.05) is 10.6 Å². The van der Waals surface area contributed by atoms with Gasteiger partial charge in [-0.1, -0.05) is 36.4 Å². The monoisotopic (exact) mass is 466 g/mol. The van der Waals surface area contributed by atoms with E-state index in [-0.39, 0.29) is 11.9 Å². The number of amides is 3. The van der Waals surface area contributed by atoms with Crippen LogP contribution in [0.25, 0.3) is 0 Å². The highest BCUT2D eigenvalue weighted by molar-refractivity contribution is 5.99. The van der Waals surface area contributed by atoms with Crippen molar-refractivity contribution < 1.29 is 14.3 Å². The normalized spacial score (nSPS) is 10.3. The number of aryl methyl sites for hydroxylation is 1. The lowest BCUT2D eigenvalue weighted by atomic mass is 10.1. The number of rotatable bonds is 8. The van der Waals surface area contributed by atoms with E-state index in [0.717, 1.165) is 22.4 Å². The van der Waals surface area contributed by atoms with E-state index < -0.39 is 0 Å². The molecule has 1 aromatic heterocycles. The van der Waals surface area contributed by atoms with Crippen molar-refractivity contribution in [1.29, 1.82) is 0 Å². The minimum absolute atomic E-state index is 0.215. The Morgan fingerprint density at radius 2 is 1.57 bits per heavy atom. The fourth-order valence-corrected chi connectivity index (χ4v) is 3.44. The van der Waals surface area contributed by atoms with Crippen molar-refractivity contribution in [3.63, 3.8) is 0 Å². The van der Waals surface area contributed by atoms with Gasteiger partial charge in [0.1, 0.15) is 12.4 Å². The first-order valence-corrected chi connectivity index (χ1v) is 11.2. The van der Waals surface area contributed by atoms with Crippen molar-refractivity contribution >= 4 is 23.3 Å². The molecule has 7 nitrogen and oxygen atoms in total. The molecule has 4 rings (SSSR count). The number of nitrogens with one attached hydrogen (secondary N) is 3. The van der Waals surface area contributed by atoms with E-state index in [1.807, 2.05) is 67.6 Å². The smallest absolute Gasteiger partial charge is 0.323 e. The molecule has 0 aliphatic carbocycles. The average Bonchev–Trinajstić information content (AvgIpc) is 2.87. The molecule has 0 atom stereocenters. The third-order valence-corrected chi connectivity index (χ3v) is 5.14. The van der Waals surface area contributed by atoms with E-state index in [4.69, 9.17) is 4.74 Å². The van der Waals surface area contributed by atoms with Crippen LogP contribution in [0.5, 0.6) is 5.75 Å². The average molecular weight is 467 g/mol. The fraction of sp³-hybridized carbons (Fsp3) is 0.107. The Bertz CT molecular complexity index is 1310. The van der Waals surface area contributed by atoms with Crippen LogP contribution in [-0.2, 0) is 13.2 Å². The largest absolute Gasteiger partial charge is 0.489 e. The summed E-state index contributed by atoms with van der Waals surface area (Å²) in [5.41, 5.74) is 4.72. The molecule has 0 aliphatic rings. The van der Waals surface area contributed by atoms with Gasteiger partial charge in [-0.15, -0.1) is 0 Å². The summed E-state index contributed by atoms with van der Waals surface area (Å²) >= 11 is 0. The Labute approximate surface area is 204 Å². The first-order valence-electron chi connectivity index (χ1n) is 11.2. The Morgan fingerprint density at radius 1 is 0.829 bits per heavy atom. The summed E-state index contributed by atoms with van der Waals surface area (Å²) in [6.07, 6.45) is 3.45. The van der Waals surface area contributed by atoms with Crippen molar-refractivity contribution in [3.8, 4) is 5.75 Å². The second-order valence-electron chi connectivity index (χ2n) is 8.01. The lowest BCUT2D eigenvalue weighted by molar-refractivity contribution is 0.0950. The predicted molar refractivity (Wildman–Crippen MR) is 136 cm³/mol. The second kappa shape index (κ2) is 11.5.